The molecular weight excluding hydrogens is 337 g/mol. The zero-order valence-electron chi connectivity index (χ0n) is 14.2. The molecule has 0 radical (unpaired) electrons. The lowest BCUT2D eigenvalue weighted by Crippen LogP contribution is -2.12. The van der Waals surface area contributed by atoms with Crippen LogP contribution in [0.25, 0.3) is 0 Å². The standard InChI is InChI=1S/C19H18FN3OS/c1-11-7-8-12(2)16(9-11)23-18(24)17-13(3)21-19(25-17)22-15-6-4-5-14(20)10-15/h4-10H,1-3H3,(H,21,22)(H,23,24). The van der Waals surface area contributed by atoms with Crippen LogP contribution < -0.4 is 10.6 Å². The molecule has 3 rings (SSSR count). The number of carbonyl (C=O) groups excluding carboxylic acids is 1. The summed E-state index contributed by atoms with van der Waals surface area (Å²) in [4.78, 5) is 17.5. The van der Waals surface area contributed by atoms with Crippen LogP contribution in [0.2, 0.25) is 0 Å². The van der Waals surface area contributed by atoms with Crippen LogP contribution in [0.15, 0.2) is 42.5 Å². The SMILES string of the molecule is Cc1ccc(C)c(NC(=O)c2sc(Nc3cccc(F)c3)nc2C)c1. The van der Waals surface area contributed by atoms with Crippen molar-refractivity contribution in [3.05, 3.63) is 70.0 Å². The Morgan fingerprint density at radius 1 is 1.12 bits per heavy atom. The van der Waals surface area contributed by atoms with E-state index in [1.54, 1.807) is 19.1 Å². The first kappa shape index (κ1) is 17.1. The molecule has 2 aromatic carbocycles. The Kier molecular flexibility index (Phi) is 4.81. The third-order valence-corrected chi connectivity index (χ3v) is 4.79. The predicted molar refractivity (Wildman–Crippen MR) is 100 cm³/mol. The highest BCUT2D eigenvalue weighted by molar-refractivity contribution is 7.17. The van der Waals surface area contributed by atoms with Crippen molar-refractivity contribution in [2.24, 2.45) is 0 Å². The van der Waals surface area contributed by atoms with Crippen molar-refractivity contribution < 1.29 is 9.18 Å². The van der Waals surface area contributed by atoms with Gasteiger partial charge in [0, 0.05) is 11.4 Å². The maximum atomic E-state index is 13.3. The van der Waals surface area contributed by atoms with Gasteiger partial charge in [-0.1, -0.05) is 29.5 Å². The molecule has 128 valence electrons. The van der Waals surface area contributed by atoms with E-state index in [1.807, 2.05) is 32.0 Å². The fourth-order valence-corrected chi connectivity index (χ4v) is 3.28. The van der Waals surface area contributed by atoms with Gasteiger partial charge in [0.25, 0.3) is 5.91 Å². The average Bonchev–Trinajstić information content (AvgIpc) is 2.91. The number of benzene rings is 2. The Bertz CT molecular complexity index is 936. The first-order valence-corrected chi connectivity index (χ1v) is 8.62. The minimum atomic E-state index is -0.328. The molecule has 0 bridgehead atoms. The largest absolute Gasteiger partial charge is 0.331 e. The van der Waals surface area contributed by atoms with E-state index in [0.717, 1.165) is 16.8 Å². The van der Waals surface area contributed by atoms with E-state index in [1.165, 1.54) is 23.5 Å². The van der Waals surface area contributed by atoms with E-state index >= 15 is 0 Å². The van der Waals surface area contributed by atoms with Gasteiger partial charge >= 0.3 is 0 Å². The summed E-state index contributed by atoms with van der Waals surface area (Å²) in [5.41, 5.74) is 4.09. The summed E-state index contributed by atoms with van der Waals surface area (Å²) in [5.74, 6) is -0.526. The number of thiazole rings is 1. The van der Waals surface area contributed by atoms with E-state index in [4.69, 9.17) is 0 Å². The summed E-state index contributed by atoms with van der Waals surface area (Å²) in [6, 6.07) is 12.0. The van der Waals surface area contributed by atoms with Crippen molar-refractivity contribution in [3.63, 3.8) is 0 Å². The lowest BCUT2D eigenvalue weighted by atomic mass is 10.1. The van der Waals surface area contributed by atoms with Crippen LogP contribution in [-0.2, 0) is 0 Å². The molecule has 0 spiro atoms. The molecule has 3 aromatic rings. The van der Waals surface area contributed by atoms with Gasteiger partial charge in [-0.15, -0.1) is 0 Å². The highest BCUT2D eigenvalue weighted by Crippen LogP contribution is 2.27. The molecular formula is C19H18FN3OS. The fraction of sp³-hybridized carbons (Fsp3) is 0.158. The van der Waals surface area contributed by atoms with Crippen molar-refractivity contribution in [1.29, 1.82) is 0 Å². The molecule has 2 N–H and O–H groups in total. The third kappa shape index (κ3) is 4.03. The second-order valence-corrected chi connectivity index (χ2v) is 6.84. The van der Waals surface area contributed by atoms with Gasteiger partial charge in [-0.3, -0.25) is 4.79 Å². The Balaban J connectivity index is 1.79. The van der Waals surface area contributed by atoms with Crippen LogP contribution in [0.4, 0.5) is 20.9 Å². The molecule has 4 nitrogen and oxygen atoms in total. The molecule has 0 aliphatic heterocycles. The number of rotatable bonds is 4. The Morgan fingerprint density at radius 2 is 1.92 bits per heavy atom. The number of hydrogen-bond donors (Lipinski definition) is 2. The van der Waals surface area contributed by atoms with Crippen LogP contribution in [-0.4, -0.2) is 10.9 Å². The highest BCUT2D eigenvalue weighted by atomic mass is 32.1. The summed E-state index contributed by atoms with van der Waals surface area (Å²) in [6.45, 7) is 5.71. The molecule has 1 heterocycles. The smallest absolute Gasteiger partial charge is 0.267 e. The number of carbonyl (C=O) groups is 1. The summed E-state index contributed by atoms with van der Waals surface area (Å²) in [6.07, 6.45) is 0. The first-order valence-electron chi connectivity index (χ1n) is 7.81. The van der Waals surface area contributed by atoms with E-state index in [2.05, 4.69) is 15.6 Å². The highest BCUT2D eigenvalue weighted by Gasteiger charge is 2.16. The van der Waals surface area contributed by atoms with Gasteiger partial charge in [-0.25, -0.2) is 9.37 Å². The maximum Gasteiger partial charge on any atom is 0.267 e. The van der Waals surface area contributed by atoms with Crippen molar-refractivity contribution in [1.82, 2.24) is 4.98 Å². The van der Waals surface area contributed by atoms with E-state index in [0.29, 0.717) is 21.4 Å². The molecule has 6 heteroatoms. The number of nitrogens with one attached hydrogen (secondary N) is 2. The quantitative estimate of drug-likeness (QED) is 0.676. The van der Waals surface area contributed by atoms with Crippen LogP contribution >= 0.6 is 11.3 Å². The van der Waals surface area contributed by atoms with Gasteiger partial charge in [0.2, 0.25) is 0 Å². The lowest BCUT2D eigenvalue weighted by Gasteiger charge is -2.08. The lowest BCUT2D eigenvalue weighted by molar-refractivity contribution is 0.102. The topological polar surface area (TPSA) is 54.0 Å². The summed E-state index contributed by atoms with van der Waals surface area (Å²) >= 11 is 1.24. The molecule has 0 saturated heterocycles. The van der Waals surface area contributed by atoms with Gasteiger partial charge in [-0.2, -0.15) is 0 Å². The number of amides is 1. The van der Waals surface area contributed by atoms with Gasteiger partial charge in [0.1, 0.15) is 10.7 Å². The number of anilines is 3. The van der Waals surface area contributed by atoms with Crippen molar-refractivity contribution in [2.45, 2.75) is 20.8 Å². The van der Waals surface area contributed by atoms with Crippen molar-refractivity contribution >= 4 is 33.8 Å². The zero-order chi connectivity index (χ0) is 18.0. The van der Waals surface area contributed by atoms with Gasteiger partial charge < -0.3 is 10.6 Å². The summed E-state index contributed by atoms with van der Waals surface area (Å²) in [5, 5.41) is 6.52. The average molecular weight is 355 g/mol. The molecule has 25 heavy (non-hydrogen) atoms. The van der Waals surface area contributed by atoms with Crippen LogP contribution in [0.1, 0.15) is 26.5 Å². The molecule has 1 amide bonds. The fourth-order valence-electron chi connectivity index (χ4n) is 2.40. The van der Waals surface area contributed by atoms with Gasteiger partial charge in [0.05, 0.1) is 5.69 Å². The Morgan fingerprint density at radius 3 is 2.68 bits per heavy atom. The summed E-state index contributed by atoms with van der Waals surface area (Å²) < 4.78 is 13.3. The van der Waals surface area contributed by atoms with Gasteiger partial charge in [-0.05, 0) is 56.2 Å². The Labute approximate surface area is 149 Å². The molecule has 0 atom stereocenters. The number of nitrogens with zero attached hydrogens (tertiary/aromatic N) is 1. The molecule has 0 unspecified atom stereocenters. The number of halogens is 1. The molecule has 1 aromatic heterocycles. The number of hydrogen-bond acceptors (Lipinski definition) is 4. The molecule has 0 saturated carbocycles. The minimum Gasteiger partial charge on any atom is -0.331 e. The number of aromatic nitrogens is 1. The second-order valence-electron chi connectivity index (χ2n) is 5.84. The van der Waals surface area contributed by atoms with Crippen molar-refractivity contribution in [2.75, 3.05) is 10.6 Å². The van der Waals surface area contributed by atoms with E-state index < -0.39 is 0 Å². The minimum absolute atomic E-state index is 0.198. The third-order valence-electron chi connectivity index (χ3n) is 3.72. The zero-order valence-corrected chi connectivity index (χ0v) is 15.0. The van der Waals surface area contributed by atoms with E-state index in [9.17, 15) is 9.18 Å². The van der Waals surface area contributed by atoms with Crippen LogP contribution in [0.5, 0.6) is 0 Å². The predicted octanol–water partition coefficient (Wildman–Crippen LogP) is 5.20. The molecule has 0 fully saturated rings. The molecule has 0 aliphatic carbocycles. The van der Waals surface area contributed by atoms with Crippen LogP contribution in [0.3, 0.4) is 0 Å². The summed E-state index contributed by atoms with van der Waals surface area (Å²) in [7, 11) is 0. The molecule has 0 aliphatic rings. The maximum absolute atomic E-state index is 13.3. The normalized spacial score (nSPS) is 10.6. The van der Waals surface area contributed by atoms with Crippen molar-refractivity contribution in [3.8, 4) is 0 Å². The van der Waals surface area contributed by atoms with Crippen LogP contribution in [0, 0.1) is 26.6 Å². The first-order chi connectivity index (χ1) is 11.9. The second kappa shape index (κ2) is 7.03. The van der Waals surface area contributed by atoms with Gasteiger partial charge in [0.15, 0.2) is 5.13 Å². The monoisotopic (exact) mass is 355 g/mol. The Hall–Kier alpha value is -2.73. The number of aryl methyl sites for hydroxylation is 3. The van der Waals surface area contributed by atoms with E-state index in [-0.39, 0.29) is 11.7 Å².